The molecule has 1 aromatic heterocycles. The van der Waals surface area contributed by atoms with Crippen molar-refractivity contribution in [3.63, 3.8) is 0 Å². The highest BCUT2D eigenvalue weighted by Crippen LogP contribution is 2.31. The maximum absolute atomic E-state index is 14.1. The average Bonchev–Trinajstić information content (AvgIpc) is 2.76. The topological polar surface area (TPSA) is 62.3 Å². The minimum absolute atomic E-state index is 0.0542. The van der Waals surface area contributed by atoms with E-state index < -0.39 is 29.1 Å². The molecule has 1 aromatic carbocycles. The summed E-state index contributed by atoms with van der Waals surface area (Å²) in [5.74, 6) is -2.15. The zero-order chi connectivity index (χ0) is 17.5. The Morgan fingerprint density at radius 3 is 2.67 bits per heavy atom. The number of nitrogens with zero attached hydrogens (tertiary/aromatic N) is 2. The van der Waals surface area contributed by atoms with Crippen LogP contribution in [0.5, 0.6) is 0 Å². The standard InChI is InChI=1S/C16H12ClF2N3O2/c1-16(11-6-10(18)3-4-12(11)19)14(23)22(15(24)21-16)8-9-2-5-13(17)20-7-9/h2-7H,8H2,1H3,(H,21,24). The number of pyridine rings is 1. The van der Waals surface area contributed by atoms with Gasteiger partial charge in [-0.05, 0) is 36.8 Å². The first-order valence-electron chi connectivity index (χ1n) is 7.01. The van der Waals surface area contributed by atoms with Crippen molar-refractivity contribution < 1.29 is 18.4 Å². The van der Waals surface area contributed by atoms with E-state index in [2.05, 4.69) is 10.3 Å². The number of carbonyl (C=O) groups is 2. The van der Waals surface area contributed by atoms with Gasteiger partial charge in [-0.1, -0.05) is 17.7 Å². The summed E-state index contributed by atoms with van der Waals surface area (Å²) in [6.07, 6.45) is 1.43. The maximum atomic E-state index is 14.1. The van der Waals surface area contributed by atoms with E-state index in [0.29, 0.717) is 5.56 Å². The predicted molar refractivity (Wildman–Crippen MR) is 82.0 cm³/mol. The molecule has 0 radical (unpaired) electrons. The minimum atomic E-state index is -1.68. The lowest BCUT2D eigenvalue weighted by Crippen LogP contribution is -2.41. The molecule has 2 heterocycles. The van der Waals surface area contributed by atoms with Gasteiger partial charge in [0.2, 0.25) is 0 Å². The minimum Gasteiger partial charge on any atom is -0.319 e. The molecular weight excluding hydrogens is 340 g/mol. The normalized spacial score (nSPS) is 20.4. The fourth-order valence-corrected chi connectivity index (χ4v) is 2.70. The van der Waals surface area contributed by atoms with Gasteiger partial charge in [-0.15, -0.1) is 0 Å². The van der Waals surface area contributed by atoms with Crippen LogP contribution in [-0.4, -0.2) is 21.8 Å². The molecule has 1 fully saturated rings. The number of rotatable bonds is 3. The monoisotopic (exact) mass is 351 g/mol. The van der Waals surface area contributed by atoms with E-state index >= 15 is 0 Å². The van der Waals surface area contributed by atoms with Crippen LogP contribution in [0, 0.1) is 11.6 Å². The Morgan fingerprint density at radius 1 is 1.25 bits per heavy atom. The summed E-state index contributed by atoms with van der Waals surface area (Å²) in [6, 6.07) is 5.22. The van der Waals surface area contributed by atoms with Crippen LogP contribution in [0.4, 0.5) is 13.6 Å². The Bertz CT molecular complexity index is 829. The van der Waals surface area contributed by atoms with E-state index in [4.69, 9.17) is 11.6 Å². The number of urea groups is 1. The molecule has 1 atom stereocenters. The molecule has 1 N–H and O–H groups in total. The van der Waals surface area contributed by atoms with E-state index in [1.807, 2.05) is 0 Å². The highest BCUT2D eigenvalue weighted by atomic mass is 35.5. The number of amides is 3. The van der Waals surface area contributed by atoms with Gasteiger partial charge < -0.3 is 5.32 Å². The van der Waals surface area contributed by atoms with Crippen molar-refractivity contribution in [2.45, 2.75) is 19.0 Å². The predicted octanol–water partition coefficient (Wildman–Crippen LogP) is 2.98. The van der Waals surface area contributed by atoms with Crippen molar-refractivity contribution in [2.75, 3.05) is 0 Å². The van der Waals surface area contributed by atoms with Crippen LogP contribution in [-0.2, 0) is 16.9 Å². The SMILES string of the molecule is CC1(c2cc(F)ccc2F)NC(=O)N(Cc2ccc(Cl)nc2)C1=O. The number of benzene rings is 1. The second-order valence-electron chi connectivity index (χ2n) is 5.56. The number of aromatic nitrogens is 1. The van der Waals surface area contributed by atoms with Gasteiger partial charge in [-0.2, -0.15) is 0 Å². The number of hydrogen-bond acceptors (Lipinski definition) is 3. The molecule has 0 bridgehead atoms. The van der Waals surface area contributed by atoms with Gasteiger partial charge >= 0.3 is 6.03 Å². The molecule has 1 aliphatic heterocycles. The summed E-state index contributed by atoms with van der Waals surface area (Å²) < 4.78 is 27.5. The lowest BCUT2D eigenvalue weighted by atomic mass is 9.91. The van der Waals surface area contributed by atoms with E-state index in [1.54, 1.807) is 6.07 Å². The average molecular weight is 352 g/mol. The Morgan fingerprint density at radius 2 is 2.00 bits per heavy atom. The lowest BCUT2D eigenvalue weighted by molar-refractivity contribution is -0.131. The summed E-state index contributed by atoms with van der Waals surface area (Å²) in [5.41, 5.74) is -1.33. The van der Waals surface area contributed by atoms with Crippen LogP contribution >= 0.6 is 11.6 Å². The molecular formula is C16H12ClF2N3O2. The maximum Gasteiger partial charge on any atom is 0.325 e. The first-order valence-corrected chi connectivity index (χ1v) is 7.39. The Hall–Kier alpha value is -2.54. The molecule has 1 aliphatic rings. The van der Waals surface area contributed by atoms with Crippen LogP contribution in [0.25, 0.3) is 0 Å². The third-order valence-electron chi connectivity index (χ3n) is 3.87. The van der Waals surface area contributed by atoms with Crippen LogP contribution in [0.2, 0.25) is 5.15 Å². The highest BCUT2D eigenvalue weighted by molar-refractivity contribution is 6.29. The Balaban J connectivity index is 1.93. The largest absolute Gasteiger partial charge is 0.325 e. The van der Waals surface area contributed by atoms with Crippen molar-refractivity contribution in [1.29, 1.82) is 0 Å². The van der Waals surface area contributed by atoms with Crippen molar-refractivity contribution in [1.82, 2.24) is 15.2 Å². The Labute approximate surface area is 141 Å². The molecule has 5 nitrogen and oxygen atoms in total. The first-order chi connectivity index (χ1) is 11.3. The van der Waals surface area contributed by atoms with Gasteiger partial charge in [-0.3, -0.25) is 9.69 Å². The van der Waals surface area contributed by atoms with Crippen LogP contribution in [0.15, 0.2) is 36.5 Å². The third-order valence-corrected chi connectivity index (χ3v) is 4.09. The molecule has 0 aliphatic carbocycles. The molecule has 1 unspecified atom stereocenters. The summed E-state index contributed by atoms with van der Waals surface area (Å²) in [7, 11) is 0. The number of hydrogen-bond donors (Lipinski definition) is 1. The molecule has 1 saturated heterocycles. The van der Waals surface area contributed by atoms with Gasteiger partial charge in [-0.25, -0.2) is 18.6 Å². The number of nitrogens with one attached hydrogen (secondary N) is 1. The van der Waals surface area contributed by atoms with Crippen LogP contribution < -0.4 is 5.32 Å². The second-order valence-corrected chi connectivity index (χ2v) is 5.95. The smallest absolute Gasteiger partial charge is 0.319 e. The number of halogens is 3. The van der Waals surface area contributed by atoms with Gasteiger partial charge in [0, 0.05) is 11.8 Å². The third kappa shape index (κ3) is 2.71. The molecule has 124 valence electrons. The molecule has 2 aromatic rings. The second kappa shape index (κ2) is 5.83. The zero-order valence-electron chi connectivity index (χ0n) is 12.5. The summed E-state index contributed by atoms with van der Waals surface area (Å²) in [6.45, 7) is 1.28. The summed E-state index contributed by atoms with van der Waals surface area (Å²) in [5, 5.41) is 2.71. The first kappa shape index (κ1) is 16.3. The van der Waals surface area contributed by atoms with Crippen LogP contribution in [0.1, 0.15) is 18.1 Å². The van der Waals surface area contributed by atoms with E-state index in [1.165, 1.54) is 19.2 Å². The van der Waals surface area contributed by atoms with E-state index in [-0.39, 0.29) is 17.3 Å². The fourth-order valence-electron chi connectivity index (χ4n) is 2.59. The number of imide groups is 1. The lowest BCUT2D eigenvalue weighted by Gasteiger charge is -2.22. The zero-order valence-corrected chi connectivity index (χ0v) is 13.3. The molecule has 8 heteroatoms. The molecule has 0 saturated carbocycles. The quantitative estimate of drug-likeness (QED) is 0.683. The summed E-state index contributed by atoms with van der Waals surface area (Å²) >= 11 is 5.70. The highest BCUT2D eigenvalue weighted by Gasteiger charge is 2.50. The van der Waals surface area contributed by atoms with E-state index in [9.17, 15) is 18.4 Å². The molecule has 24 heavy (non-hydrogen) atoms. The van der Waals surface area contributed by atoms with Gasteiger partial charge in [0.05, 0.1) is 6.54 Å². The van der Waals surface area contributed by atoms with Crippen molar-refractivity contribution >= 4 is 23.5 Å². The molecule has 0 spiro atoms. The molecule has 3 amide bonds. The van der Waals surface area contributed by atoms with Gasteiger partial charge in [0.1, 0.15) is 22.3 Å². The fraction of sp³-hybridized carbons (Fsp3) is 0.188. The van der Waals surface area contributed by atoms with Crippen molar-refractivity contribution in [2.24, 2.45) is 0 Å². The number of carbonyl (C=O) groups excluding carboxylic acids is 2. The van der Waals surface area contributed by atoms with E-state index in [0.717, 1.165) is 23.1 Å². The summed E-state index contributed by atoms with van der Waals surface area (Å²) in [4.78, 5) is 29.7. The van der Waals surface area contributed by atoms with Gasteiger partial charge in [0.15, 0.2) is 0 Å². The van der Waals surface area contributed by atoms with Crippen LogP contribution in [0.3, 0.4) is 0 Å². The van der Waals surface area contributed by atoms with Gasteiger partial charge in [0.25, 0.3) is 5.91 Å². The Kier molecular flexibility index (Phi) is 3.96. The molecule has 3 rings (SSSR count). The van der Waals surface area contributed by atoms with Crippen molar-refractivity contribution in [3.8, 4) is 0 Å². The van der Waals surface area contributed by atoms with Crippen molar-refractivity contribution in [3.05, 3.63) is 64.4 Å².